The van der Waals surface area contributed by atoms with Crippen molar-refractivity contribution in [1.29, 1.82) is 0 Å². The van der Waals surface area contributed by atoms with E-state index in [1.54, 1.807) is 16.0 Å². The van der Waals surface area contributed by atoms with E-state index in [2.05, 4.69) is 50.1 Å². The number of aryl methyl sites for hydroxylation is 2. The number of thiophene rings is 1. The Morgan fingerprint density at radius 1 is 1.08 bits per heavy atom. The molecule has 1 aromatic carbocycles. The van der Waals surface area contributed by atoms with E-state index in [0.29, 0.717) is 5.95 Å². The lowest BCUT2D eigenvalue weighted by atomic mass is 10.3. The number of benzene rings is 1. The zero-order valence-corrected chi connectivity index (χ0v) is 16.1. The number of anilines is 2. The molecule has 0 unspecified atom stereocenters. The SMILES string of the molecule is Cc1cc(C)n(-c2nc(Nc3ccc(I)cc3)c3ccsc3n2)n1. The molecule has 0 fully saturated rings. The monoisotopic (exact) mass is 447 g/mol. The van der Waals surface area contributed by atoms with Crippen molar-refractivity contribution in [3.05, 3.63) is 56.7 Å². The van der Waals surface area contributed by atoms with E-state index in [4.69, 9.17) is 4.98 Å². The lowest BCUT2D eigenvalue weighted by Crippen LogP contribution is -2.07. The average molecular weight is 447 g/mol. The van der Waals surface area contributed by atoms with Crippen molar-refractivity contribution in [3.8, 4) is 5.95 Å². The van der Waals surface area contributed by atoms with E-state index < -0.39 is 0 Å². The minimum absolute atomic E-state index is 0.587. The van der Waals surface area contributed by atoms with Crippen LogP contribution in [-0.2, 0) is 0 Å². The fourth-order valence-electron chi connectivity index (χ4n) is 2.54. The first-order valence-corrected chi connectivity index (χ1v) is 9.37. The second-order valence-electron chi connectivity index (χ2n) is 5.48. The number of nitrogens with zero attached hydrogens (tertiary/aromatic N) is 4. The summed E-state index contributed by atoms with van der Waals surface area (Å²) in [6, 6.07) is 12.3. The summed E-state index contributed by atoms with van der Waals surface area (Å²) in [6.45, 7) is 3.98. The summed E-state index contributed by atoms with van der Waals surface area (Å²) in [7, 11) is 0. The van der Waals surface area contributed by atoms with Crippen molar-refractivity contribution < 1.29 is 0 Å². The predicted octanol–water partition coefficient (Wildman–Crippen LogP) is 4.84. The molecule has 0 aliphatic heterocycles. The Labute approximate surface area is 156 Å². The van der Waals surface area contributed by atoms with Crippen molar-refractivity contribution in [2.75, 3.05) is 5.32 Å². The van der Waals surface area contributed by atoms with Gasteiger partial charge in [-0.2, -0.15) is 15.1 Å². The number of aromatic nitrogens is 4. The smallest absolute Gasteiger partial charge is 0.254 e. The molecule has 0 bridgehead atoms. The maximum absolute atomic E-state index is 4.72. The highest BCUT2D eigenvalue weighted by Crippen LogP contribution is 2.28. The fraction of sp³-hybridized carbons (Fsp3) is 0.118. The van der Waals surface area contributed by atoms with E-state index in [1.807, 2.05) is 43.5 Å². The van der Waals surface area contributed by atoms with Crippen LogP contribution in [0.1, 0.15) is 11.4 Å². The standard InChI is InChI=1S/C17H14IN5S/c1-10-9-11(2)23(22-10)17-20-15(14-7-8-24-16(14)21-17)19-13-5-3-12(18)4-6-13/h3-9H,1-2H3,(H,19,20,21). The van der Waals surface area contributed by atoms with Crippen LogP contribution in [0.4, 0.5) is 11.5 Å². The van der Waals surface area contributed by atoms with Crippen LogP contribution in [0, 0.1) is 17.4 Å². The summed E-state index contributed by atoms with van der Waals surface area (Å²) >= 11 is 3.90. The first kappa shape index (κ1) is 15.5. The second-order valence-corrected chi connectivity index (χ2v) is 7.62. The third-order valence-corrected chi connectivity index (χ3v) is 5.15. The van der Waals surface area contributed by atoms with Gasteiger partial charge in [-0.1, -0.05) is 0 Å². The number of hydrogen-bond donors (Lipinski definition) is 1. The molecule has 7 heteroatoms. The normalized spacial score (nSPS) is 11.1. The first-order valence-electron chi connectivity index (χ1n) is 7.41. The van der Waals surface area contributed by atoms with Crippen LogP contribution in [0.25, 0.3) is 16.2 Å². The van der Waals surface area contributed by atoms with E-state index in [0.717, 1.165) is 33.1 Å². The van der Waals surface area contributed by atoms with Gasteiger partial charge in [0.2, 0.25) is 0 Å². The summed E-state index contributed by atoms with van der Waals surface area (Å²) in [5.41, 5.74) is 2.97. The van der Waals surface area contributed by atoms with Crippen LogP contribution in [-0.4, -0.2) is 19.7 Å². The molecule has 0 atom stereocenters. The first-order chi connectivity index (χ1) is 11.6. The third-order valence-electron chi connectivity index (χ3n) is 3.62. The van der Waals surface area contributed by atoms with Crippen LogP contribution >= 0.6 is 33.9 Å². The molecule has 0 spiro atoms. The minimum Gasteiger partial charge on any atom is -0.340 e. The Hall–Kier alpha value is -2.00. The van der Waals surface area contributed by atoms with Crippen molar-refractivity contribution in [2.45, 2.75) is 13.8 Å². The zero-order chi connectivity index (χ0) is 16.7. The van der Waals surface area contributed by atoms with Crippen molar-refractivity contribution >= 4 is 55.6 Å². The molecule has 3 aromatic heterocycles. The molecule has 0 aliphatic rings. The molecule has 0 radical (unpaired) electrons. The summed E-state index contributed by atoms with van der Waals surface area (Å²) < 4.78 is 2.98. The Bertz CT molecular complexity index is 1020. The number of hydrogen-bond acceptors (Lipinski definition) is 5. The van der Waals surface area contributed by atoms with Gasteiger partial charge in [0.1, 0.15) is 10.6 Å². The van der Waals surface area contributed by atoms with Crippen LogP contribution in [0.15, 0.2) is 41.8 Å². The van der Waals surface area contributed by atoms with E-state index >= 15 is 0 Å². The van der Waals surface area contributed by atoms with Gasteiger partial charge in [-0.15, -0.1) is 11.3 Å². The van der Waals surface area contributed by atoms with Gasteiger partial charge in [-0.25, -0.2) is 4.68 Å². The van der Waals surface area contributed by atoms with Gasteiger partial charge >= 0.3 is 0 Å². The van der Waals surface area contributed by atoms with Gasteiger partial charge in [0.25, 0.3) is 5.95 Å². The van der Waals surface area contributed by atoms with Crippen molar-refractivity contribution in [3.63, 3.8) is 0 Å². The second kappa shape index (κ2) is 6.14. The molecule has 4 aromatic rings. The Kier molecular flexibility index (Phi) is 3.97. The van der Waals surface area contributed by atoms with Crippen LogP contribution < -0.4 is 5.32 Å². The van der Waals surface area contributed by atoms with Gasteiger partial charge in [-0.05, 0) is 78.2 Å². The number of halogens is 1. The van der Waals surface area contributed by atoms with Crippen molar-refractivity contribution in [1.82, 2.24) is 19.7 Å². The summed E-state index contributed by atoms with van der Waals surface area (Å²) in [5.74, 6) is 1.38. The van der Waals surface area contributed by atoms with E-state index in [-0.39, 0.29) is 0 Å². The molecule has 1 N–H and O–H groups in total. The predicted molar refractivity (Wildman–Crippen MR) is 106 cm³/mol. The quantitative estimate of drug-likeness (QED) is 0.457. The number of rotatable bonds is 3. The van der Waals surface area contributed by atoms with E-state index in [9.17, 15) is 0 Å². The zero-order valence-electron chi connectivity index (χ0n) is 13.1. The number of nitrogens with one attached hydrogen (secondary N) is 1. The Morgan fingerprint density at radius 2 is 1.88 bits per heavy atom. The van der Waals surface area contributed by atoms with Gasteiger partial charge in [-0.3, -0.25) is 0 Å². The van der Waals surface area contributed by atoms with Gasteiger partial charge in [0.15, 0.2) is 0 Å². The Morgan fingerprint density at radius 3 is 2.58 bits per heavy atom. The van der Waals surface area contributed by atoms with Gasteiger partial charge in [0, 0.05) is 15.0 Å². The lowest BCUT2D eigenvalue weighted by Gasteiger charge is -2.10. The summed E-state index contributed by atoms with van der Waals surface area (Å²) in [4.78, 5) is 10.3. The van der Waals surface area contributed by atoms with Gasteiger partial charge < -0.3 is 5.32 Å². The average Bonchev–Trinajstić information content (AvgIpc) is 3.15. The summed E-state index contributed by atoms with van der Waals surface area (Å²) in [6.07, 6.45) is 0. The lowest BCUT2D eigenvalue weighted by molar-refractivity contribution is 0.782. The molecule has 24 heavy (non-hydrogen) atoms. The number of fused-ring (bicyclic) bond motifs is 1. The maximum atomic E-state index is 4.72. The minimum atomic E-state index is 0.587. The molecule has 4 rings (SSSR count). The fourth-order valence-corrected chi connectivity index (χ4v) is 3.65. The maximum Gasteiger partial charge on any atom is 0.254 e. The van der Waals surface area contributed by atoms with E-state index in [1.165, 1.54) is 3.57 Å². The summed E-state index contributed by atoms with van der Waals surface area (Å²) in [5, 5.41) is 11.0. The topological polar surface area (TPSA) is 55.6 Å². The molecule has 0 amide bonds. The molecular formula is C17H14IN5S. The molecule has 120 valence electrons. The highest BCUT2D eigenvalue weighted by Gasteiger charge is 2.13. The van der Waals surface area contributed by atoms with Crippen molar-refractivity contribution in [2.24, 2.45) is 0 Å². The molecule has 0 aliphatic carbocycles. The molecule has 0 saturated heterocycles. The van der Waals surface area contributed by atoms with Crippen LogP contribution in [0.5, 0.6) is 0 Å². The molecule has 5 nitrogen and oxygen atoms in total. The highest BCUT2D eigenvalue weighted by molar-refractivity contribution is 14.1. The van der Waals surface area contributed by atoms with Crippen LogP contribution in [0.3, 0.4) is 0 Å². The molecular weight excluding hydrogens is 433 g/mol. The molecule has 0 saturated carbocycles. The van der Waals surface area contributed by atoms with Crippen LogP contribution in [0.2, 0.25) is 0 Å². The molecule has 3 heterocycles. The van der Waals surface area contributed by atoms with Gasteiger partial charge in [0.05, 0.1) is 11.1 Å². The largest absolute Gasteiger partial charge is 0.340 e. The highest BCUT2D eigenvalue weighted by atomic mass is 127. The Balaban J connectivity index is 1.83. The third kappa shape index (κ3) is 2.89.